The van der Waals surface area contributed by atoms with Crippen LogP contribution in [-0.4, -0.2) is 37.6 Å². The summed E-state index contributed by atoms with van der Waals surface area (Å²) in [4.78, 5) is 0. The number of ether oxygens (including phenoxy) is 3. The molecule has 0 radical (unpaired) electrons. The highest BCUT2D eigenvalue weighted by atomic mass is 16.6. The van der Waals surface area contributed by atoms with Crippen molar-refractivity contribution in [3.05, 3.63) is 70.8 Å². The van der Waals surface area contributed by atoms with Gasteiger partial charge < -0.3 is 14.2 Å². The van der Waals surface area contributed by atoms with Crippen LogP contribution in [0.4, 0.5) is 0 Å². The van der Waals surface area contributed by atoms with Crippen molar-refractivity contribution in [1.82, 2.24) is 0 Å². The van der Waals surface area contributed by atoms with Crippen LogP contribution in [0.25, 0.3) is 0 Å². The Morgan fingerprint density at radius 1 is 0.800 bits per heavy atom. The van der Waals surface area contributed by atoms with Gasteiger partial charge in [-0.15, -0.1) is 0 Å². The molecule has 3 heteroatoms. The van der Waals surface area contributed by atoms with Crippen molar-refractivity contribution in [2.24, 2.45) is 0 Å². The lowest BCUT2D eigenvalue weighted by molar-refractivity contribution is -0.0370. The summed E-state index contributed by atoms with van der Waals surface area (Å²) in [5.74, 6) is 0. The first-order valence-electron chi connectivity index (χ1n) is 9.18. The summed E-state index contributed by atoms with van der Waals surface area (Å²) in [6, 6.07) is 17.1. The fourth-order valence-electron chi connectivity index (χ4n) is 3.41. The molecule has 2 aromatic carbocycles. The third-order valence-electron chi connectivity index (χ3n) is 5.26. The van der Waals surface area contributed by atoms with Crippen LogP contribution in [0.15, 0.2) is 48.5 Å². The van der Waals surface area contributed by atoms with Crippen LogP contribution in [0.2, 0.25) is 0 Å². The number of benzene rings is 2. The van der Waals surface area contributed by atoms with E-state index in [9.17, 15) is 0 Å². The van der Waals surface area contributed by atoms with E-state index in [2.05, 4.69) is 62.4 Å². The molecule has 2 aliphatic heterocycles. The van der Waals surface area contributed by atoms with Gasteiger partial charge in [-0.3, -0.25) is 0 Å². The summed E-state index contributed by atoms with van der Waals surface area (Å²) >= 11 is 0. The Kier molecular flexibility index (Phi) is 4.89. The molecule has 132 valence electrons. The fraction of sp³-hybridized carbons (Fsp3) is 0.455. The van der Waals surface area contributed by atoms with Crippen LogP contribution < -0.4 is 0 Å². The van der Waals surface area contributed by atoms with E-state index in [1.165, 1.54) is 22.3 Å². The Labute approximate surface area is 149 Å². The third kappa shape index (κ3) is 4.30. The van der Waals surface area contributed by atoms with Gasteiger partial charge in [0.2, 0.25) is 0 Å². The van der Waals surface area contributed by atoms with Crippen molar-refractivity contribution in [1.29, 1.82) is 0 Å². The zero-order chi connectivity index (χ0) is 17.2. The van der Waals surface area contributed by atoms with Crippen molar-refractivity contribution >= 4 is 0 Å². The number of epoxide rings is 2. The number of aryl methyl sites for hydroxylation is 2. The Balaban J connectivity index is 1.48. The Morgan fingerprint density at radius 3 is 1.56 bits per heavy atom. The average molecular weight is 338 g/mol. The lowest BCUT2D eigenvalue weighted by Gasteiger charge is -2.24. The number of hydrogen-bond acceptors (Lipinski definition) is 3. The Bertz CT molecular complexity index is 657. The zero-order valence-corrected chi connectivity index (χ0v) is 15.0. The van der Waals surface area contributed by atoms with E-state index in [0.29, 0.717) is 0 Å². The maximum Gasteiger partial charge on any atom is 0.107 e. The van der Waals surface area contributed by atoms with Crippen LogP contribution in [-0.2, 0) is 27.1 Å². The minimum absolute atomic E-state index is 0.0966. The molecule has 2 saturated heterocycles. The fourth-order valence-corrected chi connectivity index (χ4v) is 3.41. The van der Waals surface area contributed by atoms with Crippen molar-refractivity contribution in [2.75, 3.05) is 13.2 Å². The van der Waals surface area contributed by atoms with Crippen LogP contribution in [0, 0.1) is 13.8 Å². The molecule has 25 heavy (non-hydrogen) atoms. The first kappa shape index (κ1) is 16.8. The minimum atomic E-state index is 0.0966. The molecular weight excluding hydrogens is 312 g/mol. The minimum Gasteiger partial charge on any atom is -0.370 e. The Hall–Kier alpha value is -1.68. The van der Waals surface area contributed by atoms with Crippen molar-refractivity contribution in [3.8, 4) is 0 Å². The van der Waals surface area contributed by atoms with Gasteiger partial charge in [-0.05, 0) is 36.1 Å². The molecule has 0 saturated carbocycles. The van der Waals surface area contributed by atoms with Crippen LogP contribution in [0.1, 0.15) is 22.3 Å². The smallest absolute Gasteiger partial charge is 0.107 e. The lowest BCUT2D eigenvalue weighted by atomic mass is 9.99. The summed E-state index contributed by atoms with van der Waals surface area (Å²) < 4.78 is 17.8. The molecular formula is C22H26O3. The average Bonchev–Trinajstić information content (AvgIpc) is 3.49. The molecule has 0 N–H and O–H groups in total. The number of hydrogen-bond donors (Lipinski definition) is 0. The highest BCUT2D eigenvalue weighted by molar-refractivity contribution is 5.28. The molecule has 0 amide bonds. The van der Waals surface area contributed by atoms with Gasteiger partial charge in [0.05, 0.1) is 25.4 Å². The predicted octanol–water partition coefficient (Wildman–Crippen LogP) is 3.64. The molecule has 0 aromatic heterocycles. The summed E-state index contributed by atoms with van der Waals surface area (Å²) in [6.45, 7) is 5.93. The largest absolute Gasteiger partial charge is 0.370 e. The highest BCUT2D eigenvalue weighted by Gasteiger charge is 2.40. The van der Waals surface area contributed by atoms with Crippen LogP contribution in [0.5, 0.6) is 0 Å². The van der Waals surface area contributed by atoms with Crippen molar-refractivity contribution < 1.29 is 14.2 Å². The van der Waals surface area contributed by atoms with Gasteiger partial charge in [0.15, 0.2) is 0 Å². The second-order valence-electron chi connectivity index (χ2n) is 7.22. The predicted molar refractivity (Wildman–Crippen MR) is 97.9 cm³/mol. The zero-order valence-electron chi connectivity index (χ0n) is 15.0. The summed E-state index contributed by atoms with van der Waals surface area (Å²) in [5.41, 5.74) is 5.31. The van der Waals surface area contributed by atoms with E-state index in [4.69, 9.17) is 14.2 Å². The SMILES string of the molecule is Cc1ccccc1CC(OC(Cc1ccccc1C)C1CO1)C1CO1. The molecule has 2 heterocycles. The topological polar surface area (TPSA) is 34.3 Å². The van der Waals surface area contributed by atoms with E-state index < -0.39 is 0 Å². The maximum atomic E-state index is 6.57. The van der Waals surface area contributed by atoms with E-state index in [1.807, 2.05) is 0 Å². The molecule has 4 rings (SSSR count). The normalized spacial score (nSPS) is 23.9. The third-order valence-corrected chi connectivity index (χ3v) is 5.26. The molecule has 2 aliphatic rings. The molecule has 4 unspecified atom stereocenters. The van der Waals surface area contributed by atoms with Gasteiger partial charge in [0, 0.05) is 12.8 Å². The van der Waals surface area contributed by atoms with E-state index in [1.54, 1.807) is 0 Å². The summed E-state index contributed by atoms with van der Waals surface area (Å²) in [7, 11) is 0. The standard InChI is InChI=1S/C22H26O3/c1-15-7-3-5-9-17(15)11-19(21-13-23-21)25-20(22-14-24-22)12-18-10-6-4-8-16(18)2/h3-10,19-22H,11-14H2,1-2H3. The van der Waals surface area contributed by atoms with Gasteiger partial charge in [-0.1, -0.05) is 48.5 Å². The van der Waals surface area contributed by atoms with Gasteiger partial charge in [0.1, 0.15) is 12.2 Å². The monoisotopic (exact) mass is 338 g/mol. The number of rotatable bonds is 8. The van der Waals surface area contributed by atoms with E-state index in [0.717, 1.165) is 26.1 Å². The molecule has 2 fully saturated rings. The highest BCUT2D eigenvalue weighted by Crippen LogP contribution is 2.29. The van der Waals surface area contributed by atoms with Gasteiger partial charge in [0.25, 0.3) is 0 Å². The van der Waals surface area contributed by atoms with Gasteiger partial charge in [-0.2, -0.15) is 0 Å². The lowest BCUT2D eigenvalue weighted by Crippen LogP contribution is -2.33. The molecule has 4 atom stereocenters. The Morgan fingerprint density at radius 2 is 1.20 bits per heavy atom. The second-order valence-corrected chi connectivity index (χ2v) is 7.22. The molecule has 0 spiro atoms. The van der Waals surface area contributed by atoms with Gasteiger partial charge in [-0.25, -0.2) is 0 Å². The molecule has 3 nitrogen and oxygen atoms in total. The van der Waals surface area contributed by atoms with E-state index in [-0.39, 0.29) is 24.4 Å². The quantitative estimate of drug-likeness (QED) is 0.689. The van der Waals surface area contributed by atoms with E-state index >= 15 is 0 Å². The van der Waals surface area contributed by atoms with Crippen LogP contribution >= 0.6 is 0 Å². The maximum absolute atomic E-state index is 6.57. The van der Waals surface area contributed by atoms with Crippen LogP contribution in [0.3, 0.4) is 0 Å². The first-order valence-corrected chi connectivity index (χ1v) is 9.18. The molecule has 2 aromatic rings. The first-order chi connectivity index (χ1) is 12.2. The summed E-state index contributed by atoms with van der Waals surface area (Å²) in [5, 5.41) is 0. The summed E-state index contributed by atoms with van der Waals surface area (Å²) in [6.07, 6.45) is 2.43. The van der Waals surface area contributed by atoms with Gasteiger partial charge >= 0.3 is 0 Å². The second kappa shape index (κ2) is 7.28. The van der Waals surface area contributed by atoms with Crippen molar-refractivity contribution in [3.63, 3.8) is 0 Å². The van der Waals surface area contributed by atoms with Crippen molar-refractivity contribution in [2.45, 2.75) is 51.1 Å². The molecule has 0 aliphatic carbocycles. The molecule has 0 bridgehead atoms.